The van der Waals surface area contributed by atoms with E-state index in [4.69, 9.17) is 0 Å². The van der Waals surface area contributed by atoms with Crippen molar-refractivity contribution >= 4 is 10.4 Å². The van der Waals surface area contributed by atoms with Crippen molar-refractivity contribution < 1.29 is 16.8 Å². The van der Waals surface area contributed by atoms with Crippen molar-refractivity contribution in [1.82, 2.24) is 0 Å². The number of hydrogen-bond acceptors (Lipinski definition) is 4. The van der Waals surface area contributed by atoms with Gasteiger partial charge in [-0.3, -0.25) is 0 Å². The van der Waals surface area contributed by atoms with Crippen LogP contribution in [0.2, 0.25) is 0 Å². The smallest absolute Gasteiger partial charge is 0.215 e. The Kier molecular flexibility index (Phi) is 4.34. The zero-order valence-electron chi connectivity index (χ0n) is 8.73. The molecule has 1 fully saturated rings. The third kappa shape index (κ3) is 4.39. The molecule has 0 aromatic rings. The molecule has 4 nitrogen and oxygen atoms in total. The van der Waals surface area contributed by atoms with Crippen LogP contribution in [0, 0.1) is 5.92 Å². The van der Waals surface area contributed by atoms with Crippen molar-refractivity contribution in [3.05, 3.63) is 0 Å². The zero-order chi connectivity index (χ0) is 10.6. The predicted molar refractivity (Wildman–Crippen MR) is 52.8 cm³/mol. The van der Waals surface area contributed by atoms with E-state index in [9.17, 15) is 8.42 Å². The van der Waals surface area contributed by atoms with Crippen LogP contribution in [0.1, 0.15) is 46.0 Å². The molecule has 5 heteroatoms. The van der Waals surface area contributed by atoms with Crippen LogP contribution < -0.4 is 0 Å². The van der Waals surface area contributed by atoms with E-state index in [1.165, 1.54) is 12.8 Å². The summed E-state index contributed by atoms with van der Waals surface area (Å²) in [5, 5.41) is 0. The number of rotatable bonds is 6. The minimum atomic E-state index is -3.59. The molecule has 0 aliphatic carbocycles. The van der Waals surface area contributed by atoms with Crippen LogP contribution in [0.3, 0.4) is 0 Å². The summed E-state index contributed by atoms with van der Waals surface area (Å²) in [4.78, 5) is 0. The summed E-state index contributed by atoms with van der Waals surface area (Å²) in [6.45, 7) is 4.40. The first-order valence-electron chi connectivity index (χ1n) is 5.11. The van der Waals surface area contributed by atoms with Crippen molar-refractivity contribution in [2.45, 2.75) is 52.2 Å². The molecule has 0 atom stereocenters. The van der Waals surface area contributed by atoms with Gasteiger partial charge in [-0.25, -0.2) is 8.37 Å². The average Bonchev–Trinajstić information content (AvgIpc) is 1.99. The van der Waals surface area contributed by atoms with Crippen molar-refractivity contribution in [3.8, 4) is 0 Å². The fourth-order valence-corrected chi connectivity index (χ4v) is 2.14. The molecule has 0 spiro atoms. The second-order valence-electron chi connectivity index (χ2n) is 4.06. The molecule has 0 aromatic heterocycles. The van der Waals surface area contributed by atoms with Gasteiger partial charge in [0.1, 0.15) is 0 Å². The van der Waals surface area contributed by atoms with Gasteiger partial charge in [0.25, 0.3) is 0 Å². The summed E-state index contributed by atoms with van der Waals surface area (Å²) >= 11 is 0. The second kappa shape index (κ2) is 5.09. The van der Waals surface area contributed by atoms with Crippen molar-refractivity contribution in [2.24, 2.45) is 5.92 Å². The summed E-state index contributed by atoms with van der Waals surface area (Å²) in [6.07, 6.45) is 4.66. The third-order valence-electron chi connectivity index (χ3n) is 2.17. The number of hydrogen-bond donors (Lipinski definition) is 0. The molecular weight excluding hydrogens is 204 g/mol. The highest BCUT2D eigenvalue weighted by Gasteiger charge is 2.35. The van der Waals surface area contributed by atoms with Gasteiger partial charge in [0.05, 0.1) is 0 Å². The minimum absolute atomic E-state index is 0.515. The standard InChI is InChI=1S/C9H18O4S/c1-8(2)6-4-3-5-7-9-12-14(10,11)13-9/h8-9H,3-7H2,1-2H3. The van der Waals surface area contributed by atoms with Crippen LogP contribution in [-0.4, -0.2) is 14.7 Å². The van der Waals surface area contributed by atoms with E-state index in [0.717, 1.165) is 18.8 Å². The highest BCUT2D eigenvalue weighted by Crippen LogP contribution is 2.23. The lowest BCUT2D eigenvalue weighted by atomic mass is 10.0. The molecule has 0 aromatic carbocycles. The molecule has 1 rings (SSSR count). The molecule has 1 saturated heterocycles. The van der Waals surface area contributed by atoms with Gasteiger partial charge in [-0.05, 0) is 12.3 Å². The summed E-state index contributed by atoms with van der Waals surface area (Å²) in [5.74, 6) is 0.742. The molecule has 0 N–H and O–H groups in total. The lowest BCUT2D eigenvalue weighted by Crippen LogP contribution is -2.35. The highest BCUT2D eigenvalue weighted by molar-refractivity contribution is 7.82. The Morgan fingerprint density at radius 2 is 1.79 bits per heavy atom. The van der Waals surface area contributed by atoms with E-state index >= 15 is 0 Å². The van der Waals surface area contributed by atoms with Gasteiger partial charge in [0, 0.05) is 6.42 Å². The Labute approximate surface area is 85.9 Å². The predicted octanol–water partition coefficient (Wildman–Crippen LogP) is 2.21. The summed E-state index contributed by atoms with van der Waals surface area (Å²) < 4.78 is 29.9. The maximum atomic E-state index is 10.4. The molecule has 0 amide bonds. The topological polar surface area (TPSA) is 52.6 Å². The van der Waals surface area contributed by atoms with Gasteiger partial charge in [-0.2, -0.15) is 8.42 Å². The zero-order valence-corrected chi connectivity index (χ0v) is 9.55. The number of unbranched alkanes of at least 4 members (excludes halogenated alkanes) is 2. The van der Waals surface area contributed by atoms with E-state index < -0.39 is 16.7 Å². The first-order valence-corrected chi connectivity index (χ1v) is 6.44. The van der Waals surface area contributed by atoms with E-state index in [2.05, 4.69) is 22.2 Å². The van der Waals surface area contributed by atoms with E-state index in [0.29, 0.717) is 6.42 Å². The van der Waals surface area contributed by atoms with E-state index in [1.807, 2.05) is 0 Å². The van der Waals surface area contributed by atoms with E-state index in [-0.39, 0.29) is 0 Å². The van der Waals surface area contributed by atoms with Gasteiger partial charge in [0.15, 0.2) is 6.29 Å². The maximum Gasteiger partial charge on any atom is 0.404 e. The van der Waals surface area contributed by atoms with Crippen LogP contribution in [0.5, 0.6) is 0 Å². The Balaban J connectivity index is 1.91. The largest absolute Gasteiger partial charge is 0.404 e. The van der Waals surface area contributed by atoms with Crippen LogP contribution in [0.15, 0.2) is 0 Å². The molecular formula is C9H18O4S. The summed E-state index contributed by atoms with van der Waals surface area (Å²) in [5.41, 5.74) is 0. The van der Waals surface area contributed by atoms with Gasteiger partial charge in [0.2, 0.25) is 0 Å². The normalized spacial score (nSPS) is 21.1. The monoisotopic (exact) mass is 222 g/mol. The molecule has 0 radical (unpaired) electrons. The average molecular weight is 222 g/mol. The van der Waals surface area contributed by atoms with Crippen LogP contribution in [0.4, 0.5) is 0 Å². The summed E-state index contributed by atoms with van der Waals surface area (Å²) in [7, 11) is -3.59. The molecule has 0 saturated carbocycles. The van der Waals surface area contributed by atoms with Crippen LogP contribution in [0.25, 0.3) is 0 Å². The van der Waals surface area contributed by atoms with Gasteiger partial charge in [-0.1, -0.05) is 33.1 Å². The van der Waals surface area contributed by atoms with Crippen molar-refractivity contribution in [1.29, 1.82) is 0 Å². The maximum absolute atomic E-state index is 10.4. The van der Waals surface area contributed by atoms with Crippen LogP contribution in [-0.2, 0) is 18.8 Å². The lowest BCUT2D eigenvalue weighted by Gasteiger charge is -2.24. The van der Waals surface area contributed by atoms with Crippen LogP contribution >= 0.6 is 0 Å². The Bertz CT molecular complexity index is 246. The first kappa shape index (κ1) is 11.9. The van der Waals surface area contributed by atoms with Gasteiger partial charge >= 0.3 is 10.4 Å². The van der Waals surface area contributed by atoms with Crippen molar-refractivity contribution in [3.63, 3.8) is 0 Å². The molecule has 0 bridgehead atoms. The second-order valence-corrected chi connectivity index (χ2v) is 5.26. The molecule has 1 heterocycles. The lowest BCUT2D eigenvalue weighted by molar-refractivity contribution is -0.0842. The van der Waals surface area contributed by atoms with Gasteiger partial charge in [-0.15, -0.1) is 0 Å². The van der Waals surface area contributed by atoms with Gasteiger partial charge < -0.3 is 0 Å². The molecule has 1 aliphatic heterocycles. The minimum Gasteiger partial charge on any atom is -0.215 e. The fraction of sp³-hybridized carbons (Fsp3) is 1.00. The first-order chi connectivity index (χ1) is 6.49. The summed E-state index contributed by atoms with van der Waals surface area (Å²) in [6, 6.07) is 0. The Morgan fingerprint density at radius 1 is 1.14 bits per heavy atom. The van der Waals surface area contributed by atoms with Crippen molar-refractivity contribution in [2.75, 3.05) is 0 Å². The molecule has 1 aliphatic rings. The SMILES string of the molecule is CC(C)CCCCCC1OS(=O)(=O)O1. The quantitative estimate of drug-likeness (QED) is 0.646. The Morgan fingerprint density at radius 3 is 2.29 bits per heavy atom. The third-order valence-corrected chi connectivity index (χ3v) is 3.07. The fourth-order valence-electron chi connectivity index (χ4n) is 1.41. The highest BCUT2D eigenvalue weighted by atomic mass is 32.3. The van der Waals surface area contributed by atoms with E-state index in [1.54, 1.807) is 0 Å². The Hall–Kier alpha value is -0.130. The molecule has 14 heavy (non-hydrogen) atoms. The molecule has 0 unspecified atom stereocenters. The molecule has 84 valence electrons.